The smallest absolute Gasteiger partial charge is 0.244 e. The molecule has 1 aliphatic heterocycles. The summed E-state index contributed by atoms with van der Waals surface area (Å²) in [6, 6.07) is 12.1. The number of H-pyrrole nitrogens is 1. The van der Waals surface area contributed by atoms with Crippen LogP contribution < -0.4 is 10.5 Å². The predicted molar refractivity (Wildman–Crippen MR) is 83.7 cm³/mol. The lowest BCUT2D eigenvalue weighted by Gasteiger charge is -2.27. The molecule has 3 rings (SSSR count). The highest BCUT2D eigenvalue weighted by atomic mass is 16.5. The Balaban J connectivity index is 2.19. The molecule has 2 heterocycles. The minimum atomic E-state index is -0.104. The third kappa shape index (κ3) is 2.13. The molecule has 3 N–H and O–H groups in total. The fourth-order valence-corrected chi connectivity index (χ4v) is 2.91. The van der Waals surface area contributed by atoms with Gasteiger partial charge < -0.3 is 10.5 Å². The number of ether oxygens (including phenoxy) is 1. The Hall–Kier alpha value is -2.74. The Labute approximate surface area is 129 Å². The molecule has 0 spiro atoms. The number of benzene rings is 1. The van der Waals surface area contributed by atoms with Gasteiger partial charge in [-0.1, -0.05) is 50.6 Å². The van der Waals surface area contributed by atoms with Crippen molar-refractivity contribution in [3.8, 4) is 23.2 Å². The van der Waals surface area contributed by atoms with Crippen molar-refractivity contribution in [1.82, 2.24) is 10.2 Å². The maximum Gasteiger partial charge on any atom is 0.244 e. The molecular weight excluding hydrogens is 276 g/mol. The number of nitrogens with two attached hydrogens (primary N) is 1. The number of nitriles is 1. The minimum absolute atomic E-state index is 0.104. The van der Waals surface area contributed by atoms with E-state index >= 15 is 0 Å². The molecule has 1 aliphatic rings. The number of hydrogen-bond donors (Lipinski definition) is 2. The van der Waals surface area contributed by atoms with Crippen LogP contribution >= 0.6 is 0 Å². The molecule has 1 aromatic carbocycles. The number of hydrogen-bond acceptors (Lipinski definition) is 4. The van der Waals surface area contributed by atoms with Crippen LogP contribution in [0.25, 0.3) is 11.3 Å². The number of aromatic amines is 1. The van der Waals surface area contributed by atoms with Gasteiger partial charge in [0, 0.05) is 5.92 Å². The fraction of sp³-hybridized carbons (Fsp3) is 0.294. The highest BCUT2D eigenvalue weighted by Crippen LogP contribution is 2.46. The lowest BCUT2D eigenvalue weighted by Crippen LogP contribution is -2.23. The van der Waals surface area contributed by atoms with Crippen molar-refractivity contribution in [3.05, 3.63) is 47.4 Å². The molecule has 1 aromatic heterocycles. The van der Waals surface area contributed by atoms with E-state index in [1.807, 2.05) is 30.3 Å². The van der Waals surface area contributed by atoms with E-state index in [0.29, 0.717) is 11.5 Å². The van der Waals surface area contributed by atoms with Crippen LogP contribution in [0.2, 0.25) is 0 Å². The van der Waals surface area contributed by atoms with E-state index in [0.717, 1.165) is 23.2 Å². The largest absolute Gasteiger partial charge is 0.420 e. The molecule has 0 bridgehead atoms. The third-order valence-electron chi connectivity index (χ3n) is 4.26. The molecule has 0 saturated heterocycles. The molecule has 0 aliphatic carbocycles. The van der Waals surface area contributed by atoms with E-state index in [9.17, 15) is 5.26 Å². The van der Waals surface area contributed by atoms with Gasteiger partial charge >= 0.3 is 0 Å². The summed E-state index contributed by atoms with van der Waals surface area (Å²) in [4.78, 5) is 0. The van der Waals surface area contributed by atoms with Gasteiger partial charge in [0.2, 0.25) is 11.8 Å². The van der Waals surface area contributed by atoms with Gasteiger partial charge in [-0.15, -0.1) is 5.10 Å². The molecular formula is C17H18N4O. The van der Waals surface area contributed by atoms with Gasteiger partial charge in [0.1, 0.15) is 6.07 Å². The second-order valence-corrected chi connectivity index (χ2v) is 5.54. The quantitative estimate of drug-likeness (QED) is 0.909. The van der Waals surface area contributed by atoms with Gasteiger partial charge in [-0.25, -0.2) is 0 Å². The molecule has 0 saturated carbocycles. The average Bonchev–Trinajstić information content (AvgIpc) is 2.96. The highest BCUT2D eigenvalue weighted by molar-refractivity contribution is 5.69. The molecule has 5 heteroatoms. The van der Waals surface area contributed by atoms with Gasteiger partial charge in [0.05, 0.1) is 16.8 Å². The summed E-state index contributed by atoms with van der Waals surface area (Å²) >= 11 is 0. The number of nitrogens with one attached hydrogen (secondary N) is 1. The molecule has 0 unspecified atom stereocenters. The predicted octanol–water partition coefficient (Wildman–Crippen LogP) is 3.29. The Morgan fingerprint density at radius 1 is 1.41 bits per heavy atom. The summed E-state index contributed by atoms with van der Waals surface area (Å²) in [5, 5.41) is 16.8. The molecule has 2 aromatic rings. The van der Waals surface area contributed by atoms with E-state index in [1.54, 1.807) is 0 Å². The number of rotatable bonds is 3. The first kappa shape index (κ1) is 14.2. The number of allylic oxidation sites excluding steroid dienone is 1. The van der Waals surface area contributed by atoms with Crippen LogP contribution in [-0.2, 0) is 0 Å². The number of fused-ring (bicyclic) bond motifs is 1. The van der Waals surface area contributed by atoms with E-state index in [1.165, 1.54) is 0 Å². The van der Waals surface area contributed by atoms with Crippen LogP contribution in [0.1, 0.15) is 31.7 Å². The normalized spacial score (nSPS) is 18.3. The zero-order valence-electron chi connectivity index (χ0n) is 12.6. The Bertz CT molecular complexity index is 755. The SMILES string of the molecule is CC[C@@H](C)[C@H]1C(C#N)=C(N)Oc2n[nH]c(-c3ccccc3)c21. The van der Waals surface area contributed by atoms with Gasteiger partial charge in [-0.3, -0.25) is 5.10 Å². The summed E-state index contributed by atoms with van der Waals surface area (Å²) in [5.41, 5.74) is 9.23. The molecule has 0 amide bonds. The minimum Gasteiger partial charge on any atom is -0.420 e. The number of aromatic nitrogens is 2. The zero-order chi connectivity index (χ0) is 15.7. The zero-order valence-corrected chi connectivity index (χ0v) is 12.6. The van der Waals surface area contributed by atoms with Gasteiger partial charge in [0.25, 0.3) is 0 Å². The van der Waals surface area contributed by atoms with Crippen molar-refractivity contribution >= 4 is 0 Å². The van der Waals surface area contributed by atoms with Gasteiger partial charge in [-0.05, 0) is 11.5 Å². The van der Waals surface area contributed by atoms with Crippen molar-refractivity contribution in [2.75, 3.05) is 0 Å². The van der Waals surface area contributed by atoms with E-state index < -0.39 is 0 Å². The van der Waals surface area contributed by atoms with Crippen LogP contribution in [0.15, 0.2) is 41.8 Å². The molecule has 5 nitrogen and oxygen atoms in total. The molecule has 2 atom stereocenters. The van der Waals surface area contributed by atoms with Gasteiger partial charge in [0.15, 0.2) is 0 Å². The average molecular weight is 294 g/mol. The van der Waals surface area contributed by atoms with Crippen molar-refractivity contribution in [1.29, 1.82) is 5.26 Å². The van der Waals surface area contributed by atoms with E-state index in [2.05, 4.69) is 30.1 Å². The summed E-state index contributed by atoms with van der Waals surface area (Å²) in [6.45, 7) is 4.22. The Morgan fingerprint density at radius 2 is 2.14 bits per heavy atom. The first-order valence-corrected chi connectivity index (χ1v) is 7.38. The first-order valence-electron chi connectivity index (χ1n) is 7.38. The van der Waals surface area contributed by atoms with Crippen LogP contribution in [-0.4, -0.2) is 10.2 Å². The van der Waals surface area contributed by atoms with Crippen LogP contribution in [0.5, 0.6) is 5.88 Å². The number of nitrogens with zero attached hydrogens (tertiary/aromatic N) is 2. The summed E-state index contributed by atoms with van der Waals surface area (Å²) in [7, 11) is 0. The third-order valence-corrected chi connectivity index (χ3v) is 4.26. The Kier molecular flexibility index (Phi) is 3.60. The maximum absolute atomic E-state index is 9.50. The van der Waals surface area contributed by atoms with Crippen molar-refractivity contribution in [2.24, 2.45) is 11.7 Å². The second-order valence-electron chi connectivity index (χ2n) is 5.54. The van der Waals surface area contributed by atoms with Gasteiger partial charge in [-0.2, -0.15) is 5.26 Å². The Morgan fingerprint density at radius 3 is 2.77 bits per heavy atom. The maximum atomic E-state index is 9.50. The lowest BCUT2D eigenvalue weighted by molar-refractivity contribution is 0.353. The monoisotopic (exact) mass is 294 g/mol. The van der Waals surface area contributed by atoms with Crippen LogP contribution in [0.3, 0.4) is 0 Å². The van der Waals surface area contributed by atoms with Crippen molar-refractivity contribution < 1.29 is 4.74 Å². The van der Waals surface area contributed by atoms with Crippen molar-refractivity contribution in [2.45, 2.75) is 26.2 Å². The topological polar surface area (TPSA) is 87.7 Å². The molecule has 112 valence electrons. The fourth-order valence-electron chi connectivity index (χ4n) is 2.91. The standard InChI is InChI=1S/C17H18N4O/c1-3-10(2)13-12(9-18)16(19)22-17-14(13)15(20-21-17)11-7-5-4-6-8-11/h4-8,10,13H,3,19H2,1-2H3,(H,20,21)/t10-,13+/m1/s1. The van der Waals surface area contributed by atoms with E-state index in [4.69, 9.17) is 10.5 Å². The molecule has 22 heavy (non-hydrogen) atoms. The van der Waals surface area contributed by atoms with Crippen LogP contribution in [0, 0.1) is 17.2 Å². The van der Waals surface area contributed by atoms with Crippen LogP contribution in [0.4, 0.5) is 0 Å². The lowest BCUT2D eigenvalue weighted by atomic mass is 9.78. The summed E-state index contributed by atoms with van der Waals surface area (Å²) < 4.78 is 5.55. The summed E-state index contributed by atoms with van der Waals surface area (Å²) in [6.07, 6.45) is 0.933. The summed E-state index contributed by atoms with van der Waals surface area (Å²) in [5.74, 6) is 0.788. The molecule has 0 fully saturated rings. The van der Waals surface area contributed by atoms with Crippen molar-refractivity contribution in [3.63, 3.8) is 0 Å². The highest BCUT2D eigenvalue weighted by Gasteiger charge is 2.36. The van der Waals surface area contributed by atoms with E-state index in [-0.39, 0.29) is 17.7 Å². The first-order chi connectivity index (χ1) is 10.7. The second kappa shape index (κ2) is 5.57. The molecule has 0 radical (unpaired) electrons.